The molecule has 2 nitrogen and oxygen atoms in total. The molecule has 0 aromatic heterocycles. The first kappa shape index (κ1) is 14.0. The van der Waals surface area contributed by atoms with Crippen LogP contribution in [0.4, 0.5) is 0 Å². The van der Waals surface area contributed by atoms with Crippen molar-refractivity contribution in [3.05, 3.63) is 33.3 Å². The van der Waals surface area contributed by atoms with Crippen molar-refractivity contribution in [3.63, 3.8) is 0 Å². The van der Waals surface area contributed by atoms with E-state index in [1.807, 2.05) is 6.07 Å². The summed E-state index contributed by atoms with van der Waals surface area (Å²) in [4.78, 5) is 0. The van der Waals surface area contributed by atoms with E-state index in [0.29, 0.717) is 11.6 Å². The lowest BCUT2D eigenvalue weighted by molar-refractivity contribution is 0.162. The summed E-state index contributed by atoms with van der Waals surface area (Å²) in [5.74, 6) is 0. The smallest absolute Gasteiger partial charge is 0.0925 e. The molecule has 0 spiro atoms. The number of halogens is 2. The molecule has 0 saturated carbocycles. The number of nitrogens with one attached hydrogen (secondary N) is 1. The minimum atomic E-state index is -0.536. The molecule has 1 unspecified atom stereocenters. The second kappa shape index (κ2) is 5.50. The number of hydrogen-bond donors (Lipinski definition) is 2. The second-order valence-corrected chi connectivity index (χ2v) is 6.10. The topological polar surface area (TPSA) is 32.3 Å². The first-order chi connectivity index (χ1) is 7.29. The second-order valence-electron chi connectivity index (χ2n) is 4.81. The number of aliphatic hydroxyl groups is 1. The van der Waals surface area contributed by atoms with Gasteiger partial charge in [-0.1, -0.05) is 33.6 Å². The molecule has 1 atom stereocenters. The first-order valence-electron chi connectivity index (χ1n) is 5.17. The lowest BCUT2D eigenvalue weighted by Crippen LogP contribution is -2.38. The van der Waals surface area contributed by atoms with Crippen LogP contribution in [0.3, 0.4) is 0 Å². The van der Waals surface area contributed by atoms with E-state index in [1.54, 1.807) is 12.1 Å². The minimum Gasteiger partial charge on any atom is -0.387 e. The Kier molecular flexibility index (Phi) is 4.80. The fourth-order valence-corrected chi connectivity index (χ4v) is 2.23. The van der Waals surface area contributed by atoms with Gasteiger partial charge in [0.25, 0.3) is 0 Å². The molecule has 1 aromatic carbocycles. The molecular formula is C12H17BrClNO. The van der Waals surface area contributed by atoms with Crippen LogP contribution >= 0.6 is 27.5 Å². The third-order valence-corrected chi connectivity index (χ3v) is 3.07. The highest BCUT2D eigenvalue weighted by molar-refractivity contribution is 9.10. The van der Waals surface area contributed by atoms with Crippen LogP contribution < -0.4 is 5.32 Å². The highest BCUT2D eigenvalue weighted by atomic mass is 79.9. The van der Waals surface area contributed by atoms with Crippen molar-refractivity contribution >= 4 is 27.5 Å². The van der Waals surface area contributed by atoms with Gasteiger partial charge in [0.05, 0.1) is 6.10 Å². The molecule has 2 N–H and O–H groups in total. The van der Waals surface area contributed by atoms with Crippen LogP contribution in [0, 0.1) is 0 Å². The molecule has 0 aliphatic carbocycles. The fourth-order valence-electron chi connectivity index (χ4n) is 1.28. The normalized spacial score (nSPS) is 13.9. The summed E-state index contributed by atoms with van der Waals surface area (Å²) in [6.45, 7) is 6.72. The van der Waals surface area contributed by atoms with E-state index in [4.69, 9.17) is 11.6 Å². The van der Waals surface area contributed by atoms with Gasteiger partial charge in [0.1, 0.15) is 0 Å². The SMILES string of the molecule is CC(C)(C)NCC(O)c1ccc(Cl)cc1Br. The van der Waals surface area contributed by atoms with Crippen molar-refractivity contribution in [1.82, 2.24) is 5.32 Å². The van der Waals surface area contributed by atoms with Gasteiger partial charge in [-0.15, -0.1) is 0 Å². The van der Waals surface area contributed by atoms with Crippen molar-refractivity contribution in [2.24, 2.45) is 0 Å². The molecule has 16 heavy (non-hydrogen) atoms. The van der Waals surface area contributed by atoms with Gasteiger partial charge in [-0.25, -0.2) is 0 Å². The van der Waals surface area contributed by atoms with Crippen LogP contribution in [-0.2, 0) is 0 Å². The number of rotatable bonds is 3. The predicted molar refractivity (Wildman–Crippen MR) is 71.9 cm³/mol. The molecule has 0 saturated heterocycles. The Bertz CT molecular complexity index is 363. The van der Waals surface area contributed by atoms with E-state index >= 15 is 0 Å². The summed E-state index contributed by atoms with van der Waals surface area (Å²) in [6.07, 6.45) is -0.536. The van der Waals surface area contributed by atoms with Gasteiger partial charge < -0.3 is 10.4 Å². The van der Waals surface area contributed by atoms with Crippen LogP contribution in [0.5, 0.6) is 0 Å². The maximum absolute atomic E-state index is 10.0. The zero-order chi connectivity index (χ0) is 12.3. The number of benzene rings is 1. The highest BCUT2D eigenvalue weighted by Gasteiger charge is 2.15. The van der Waals surface area contributed by atoms with Crippen LogP contribution in [0.15, 0.2) is 22.7 Å². The zero-order valence-corrected chi connectivity index (χ0v) is 12.1. The molecule has 0 amide bonds. The Morgan fingerprint density at radius 2 is 2.06 bits per heavy atom. The van der Waals surface area contributed by atoms with Crippen molar-refractivity contribution in [1.29, 1.82) is 0 Å². The maximum atomic E-state index is 10.0. The van der Waals surface area contributed by atoms with Gasteiger partial charge in [-0.2, -0.15) is 0 Å². The summed E-state index contributed by atoms with van der Waals surface area (Å²) < 4.78 is 0.836. The van der Waals surface area contributed by atoms with Gasteiger partial charge in [0, 0.05) is 21.6 Å². The summed E-state index contributed by atoms with van der Waals surface area (Å²) >= 11 is 9.24. The molecule has 1 rings (SSSR count). The largest absolute Gasteiger partial charge is 0.387 e. The van der Waals surface area contributed by atoms with E-state index in [9.17, 15) is 5.11 Å². The van der Waals surface area contributed by atoms with Gasteiger partial charge in [-0.3, -0.25) is 0 Å². The molecule has 0 radical (unpaired) electrons. The Hall–Kier alpha value is -0.0900. The Morgan fingerprint density at radius 3 is 2.56 bits per heavy atom. The molecule has 0 heterocycles. The number of β-amino-alcohol motifs (C(OH)–C–C–N with tert-alkyl or cyclic N) is 1. The molecule has 1 aromatic rings. The van der Waals surface area contributed by atoms with E-state index in [-0.39, 0.29) is 5.54 Å². The van der Waals surface area contributed by atoms with Gasteiger partial charge in [0.2, 0.25) is 0 Å². The minimum absolute atomic E-state index is 0.000117. The van der Waals surface area contributed by atoms with Gasteiger partial charge in [0.15, 0.2) is 0 Å². The third-order valence-electron chi connectivity index (χ3n) is 2.15. The van der Waals surface area contributed by atoms with Crippen LogP contribution in [0.1, 0.15) is 32.4 Å². The monoisotopic (exact) mass is 305 g/mol. The molecular weight excluding hydrogens is 289 g/mol. The predicted octanol–water partition coefficient (Wildman–Crippen LogP) is 3.52. The summed E-state index contributed by atoms with van der Waals surface area (Å²) in [6, 6.07) is 5.40. The molecule has 0 bridgehead atoms. The van der Waals surface area contributed by atoms with E-state index in [2.05, 4.69) is 42.0 Å². The summed E-state index contributed by atoms with van der Waals surface area (Å²) in [5, 5.41) is 13.9. The summed E-state index contributed by atoms with van der Waals surface area (Å²) in [5.41, 5.74) is 0.848. The van der Waals surface area contributed by atoms with Crippen molar-refractivity contribution < 1.29 is 5.11 Å². The van der Waals surface area contributed by atoms with E-state index < -0.39 is 6.10 Å². The van der Waals surface area contributed by atoms with E-state index in [1.165, 1.54) is 0 Å². The maximum Gasteiger partial charge on any atom is 0.0925 e. The van der Waals surface area contributed by atoms with Crippen molar-refractivity contribution in [3.8, 4) is 0 Å². The molecule has 0 aliphatic heterocycles. The number of aliphatic hydroxyl groups excluding tert-OH is 1. The zero-order valence-electron chi connectivity index (χ0n) is 9.72. The standard InChI is InChI=1S/C12H17BrClNO/c1-12(2,3)15-7-11(16)9-5-4-8(14)6-10(9)13/h4-6,11,15-16H,7H2,1-3H3. The van der Waals surface area contributed by atoms with Crippen molar-refractivity contribution in [2.45, 2.75) is 32.4 Å². The van der Waals surface area contributed by atoms with E-state index in [0.717, 1.165) is 10.0 Å². The lowest BCUT2D eigenvalue weighted by atomic mass is 10.1. The first-order valence-corrected chi connectivity index (χ1v) is 6.35. The van der Waals surface area contributed by atoms with Crippen molar-refractivity contribution in [2.75, 3.05) is 6.54 Å². The molecule has 4 heteroatoms. The van der Waals surface area contributed by atoms with Crippen LogP contribution in [-0.4, -0.2) is 17.2 Å². The molecule has 0 fully saturated rings. The fraction of sp³-hybridized carbons (Fsp3) is 0.500. The third kappa shape index (κ3) is 4.42. The molecule has 0 aliphatic rings. The average molecular weight is 307 g/mol. The highest BCUT2D eigenvalue weighted by Crippen LogP contribution is 2.26. The Morgan fingerprint density at radius 1 is 1.44 bits per heavy atom. The Balaban J connectivity index is 2.70. The van der Waals surface area contributed by atoms with Gasteiger partial charge in [-0.05, 0) is 38.5 Å². The van der Waals surface area contributed by atoms with Gasteiger partial charge >= 0.3 is 0 Å². The average Bonchev–Trinajstić information content (AvgIpc) is 2.13. The van der Waals surface area contributed by atoms with Crippen LogP contribution in [0.25, 0.3) is 0 Å². The quantitative estimate of drug-likeness (QED) is 0.895. The lowest BCUT2D eigenvalue weighted by Gasteiger charge is -2.23. The summed E-state index contributed by atoms with van der Waals surface area (Å²) in [7, 11) is 0. The Labute approximate surface area is 110 Å². The number of hydrogen-bond acceptors (Lipinski definition) is 2. The molecule has 90 valence electrons. The van der Waals surface area contributed by atoms with Crippen LogP contribution in [0.2, 0.25) is 5.02 Å².